The molecule has 27 heavy (non-hydrogen) atoms. The van der Waals surface area contributed by atoms with E-state index in [-0.39, 0.29) is 27.5 Å². The number of aromatic hydroxyl groups is 1. The average Bonchev–Trinajstić information content (AvgIpc) is 3.01. The van der Waals surface area contributed by atoms with Crippen LogP contribution < -0.4 is 4.74 Å². The summed E-state index contributed by atoms with van der Waals surface area (Å²) < 4.78 is 20.3. The summed E-state index contributed by atoms with van der Waals surface area (Å²) in [6.07, 6.45) is 1.25. The van der Waals surface area contributed by atoms with Crippen molar-refractivity contribution >= 4 is 24.1 Å². The van der Waals surface area contributed by atoms with Gasteiger partial charge in [0.1, 0.15) is 5.82 Å². The van der Waals surface area contributed by atoms with Gasteiger partial charge >= 0.3 is 5.69 Å². The molecule has 138 valence electrons. The molecule has 11 heteroatoms. The lowest BCUT2D eigenvalue weighted by Gasteiger charge is -2.05. The first-order chi connectivity index (χ1) is 12.9. The normalized spacial score (nSPS) is 11.0. The molecule has 0 fully saturated rings. The topological polar surface area (TPSA) is 119 Å². The van der Waals surface area contributed by atoms with Crippen molar-refractivity contribution in [2.45, 2.75) is 0 Å². The van der Waals surface area contributed by atoms with Crippen LogP contribution in [0.1, 0.15) is 5.56 Å². The summed E-state index contributed by atoms with van der Waals surface area (Å²) in [7, 11) is 1.27. The smallest absolute Gasteiger partial charge is 0.315 e. The number of hydrogen-bond acceptors (Lipinski definition) is 7. The first kappa shape index (κ1) is 18.2. The van der Waals surface area contributed by atoms with Gasteiger partial charge in [0.15, 0.2) is 11.6 Å². The summed E-state index contributed by atoms with van der Waals surface area (Å²) in [5.74, 6) is -1.05. The summed E-state index contributed by atoms with van der Waals surface area (Å²) in [6.45, 7) is 0. The molecular formula is C16H12FN5O4S. The Morgan fingerprint density at radius 3 is 2.85 bits per heavy atom. The Kier molecular flexibility index (Phi) is 4.94. The third-order valence-corrected chi connectivity index (χ3v) is 3.85. The van der Waals surface area contributed by atoms with Gasteiger partial charge in [0.25, 0.3) is 0 Å². The molecule has 0 unspecified atom stereocenters. The highest BCUT2D eigenvalue weighted by Gasteiger charge is 2.19. The van der Waals surface area contributed by atoms with Crippen molar-refractivity contribution in [1.29, 1.82) is 0 Å². The Morgan fingerprint density at radius 1 is 1.44 bits per heavy atom. The Labute approximate surface area is 156 Å². The molecule has 0 amide bonds. The van der Waals surface area contributed by atoms with Crippen molar-refractivity contribution in [2.24, 2.45) is 5.10 Å². The number of nitro groups is 1. The first-order valence-electron chi connectivity index (χ1n) is 7.44. The molecule has 2 aromatic carbocycles. The van der Waals surface area contributed by atoms with Crippen LogP contribution in [0.3, 0.4) is 0 Å². The molecule has 9 nitrogen and oxygen atoms in total. The van der Waals surface area contributed by atoms with Gasteiger partial charge in [0.05, 0.1) is 23.8 Å². The van der Waals surface area contributed by atoms with Crippen LogP contribution in [0.25, 0.3) is 11.4 Å². The number of H-pyrrole nitrogens is 1. The molecule has 3 rings (SSSR count). The van der Waals surface area contributed by atoms with Crippen molar-refractivity contribution in [3.8, 4) is 22.9 Å². The second kappa shape index (κ2) is 7.33. The number of phenolic OH excluding ortho intramolecular Hbond substituents is 1. The third kappa shape index (κ3) is 3.53. The van der Waals surface area contributed by atoms with E-state index in [1.807, 2.05) is 0 Å². The van der Waals surface area contributed by atoms with E-state index < -0.39 is 22.2 Å². The molecule has 2 N–H and O–H groups in total. The number of nitrogens with one attached hydrogen (secondary N) is 1. The number of phenols is 1. The van der Waals surface area contributed by atoms with Crippen LogP contribution in [0.2, 0.25) is 0 Å². The zero-order valence-corrected chi connectivity index (χ0v) is 14.6. The zero-order chi connectivity index (χ0) is 19.6. The predicted molar refractivity (Wildman–Crippen MR) is 97.1 cm³/mol. The number of methoxy groups -OCH3 is 1. The van der Waals surface area contributed by atoms with Crippen LogP contribution in [-0.4, -0.2) is 38.2 Å². The van der Waals surface area contributed by atoms with Gasteiger partial charge in [-0.1, -0.05) is 12.1 Å². The maximum Gasteiger partial charge on any atom is 0.315 e. The Bertz CT molecular complexity index is 1110. The van der Waals surface area contributed by atoms with Gasteiger partial charge in [-0.3, -0.25) is 10.1 Å². The van der Waals surface area contributed by atoms with Crippen LogP contribution in [0, 0.1) is 20.7 Å². The van der Waals surface area contributed by atoms with Gasteiger partial charge in [-0.2, -0.15) is 14.9 Å². The van der Waals surface area contributed by atoms with Gasteiger partial charge in [0, 0.05) is 11.6 Å². The number of halogens is 1. The number of ether oxygens (including phenoxy) is 1. The van der Waals surface area contributed by atoms with Gasteiger partial charge < -0.3 is 9.84 Å². The standard InChI is InChI=1S/C16H12FN5O4S/c1-26-13-7-9(6-12(14(13)23)22(24)25)8-18-21-15(19-20-16(21)27)10-4-2-3-5-11(10)17/h2-8,23H,1H3,(H,20,27)/b18-8+. The molecular weight excluding hydrogens is 377 g/mol. The van der Waals surface area contributed by atoms with Gasteiger partial charge in [0.2, 0.25) is 10.5 Å². The van der Waals surface area contributed by atoms with Gasteiger partial charge in [-0.25, -0.2) is 9.49 Å². The minimum Gasteiger partial charge on any atom is -0.500 e. The van der Waals surface area contributed by atoms with Crippen LogP contribution in [-0.2, 0) is 0 Å². The number of nitrogens with zero attached hydrogens (tertiary/aromatic N) is 4. The van der Waals surface area contributed by atoms with E-state index in [0.29, 0.717) is 0 Å². The molecule has 0 bridgehead atoms. The van der Waals surface area contributed by atoms with Gasteiger partial charge in [-0.05, 0) is 30.4 Å². The van der Waals surface area contributed by atoms with E-state index in [2.05, 4.69) is 15.3 Å². The zero-order valence-electron chi connectivity index (χ0n) is 13.8. The van der Waals surface area contributed by atoms with Crippen LogP contribution in [0.15, 0.2) is 41.5 Å². The van der Waals surface area contributed by atoms with E-state index in [4.69, 9.17) is 17.0 Å². The molecule has 0 spiro atoms. The average molecular weight is 389 g/mol. The fraction of sp³-hybridized carbons (Fsp3) is 0.0625. The summed E-state index contributed by atoms with van der Waals surface area (Å²) in [5.41, 5.74) is -0.101. The minimum absolute atomic E-state index is 0.0873. The number of benzene rings is 2. The minimum atomic E-state index is -0.747. The summed E-state index contributed by atoms with van der Waals surface area (Å²) >= 11 is 5.10. The highest BCUT2D eigenvalue weighted by molar-refractivity contribution is 7.71. The van der Waals surface area contributed by atoms with Crippen LogP contribution in [0.4, 0.5) is 10.1 Å². The Morgan fingerprint density at radius 2 is 2.19 bits per heavy atom. The lowest BCUT2D eigenvalue weighted by atomic mass is 10.2. The predicted octanol–water partition coefficient (Wildman–Crippen LogP) is 3.25. The van der Waals surface area contributed by atoms with E-state index >= 15 is 0 Å². The molecule has 0 saturated heterocycles. The van der Waals surface area contributed by atoms with E-state index in [0.717, 1.165) is 6.07 Å². The second-order valence-electron chi connectivity index (χ2n) is 5.24. The second-order valence-corrected chi connectivity index (χ2v) is 5.62. The molecule has 0 radical (unpaired) electrons. The maximum absolute atomic E-state index is 14.0. The highest BCUT2D eigenvalue weighted by Crippen LogP contribution is 2.36. The number of hydrogen-bond donors (Lipinski definition) is 2. The lowest BCUT2D eigenvalue weighted by Crippen LogP contribution is -1.98. The monoisotopic (exact) mass is 389 g/mol. The van der Waals surface area contributed by atoms with Crippen molar-refractivity contribution in [1.82, 2.24) is 14.9 Å². The SMILES string of the molecule is COc1cc(/C=N/n2c(-c3ccccc3F)n[nH]c2=S)cc([N+](=O)[O-])c1O. The van der Waals surface area contributed by atoms with Crippen molar-refractivity contribution in [2.75, 3.05) is 7.11 Å². The molecule has 0 atom stereocenters. The third-order valence-electron chi connectivity index (χ3n) is 3.58. The quantitative estimate of drug-likeness (QED) is 0.299. The first-order valence-corrected chi connectivity index (χ1v) is 7.85. The molecule has 3 aromatic rings. The highest BCUT2D eigenvalue weighted by atomic mass is 32.1. The largest absolute Gasteiger partial charge is 0.500 e. The fourth-order valence-corrected chi connectivity index (χ4v) is 2.50. The lowest BCUT2D eigenvalue weighted by molar-refractivity contribution is -0.386. The maximum atomic E-state index is 14.0. The summed E-state index contributed by atoms with van der Waals surface area (Å²) in [4.78, 5) is 10.3. The van der Waals surface area contributed by atoms with E-state index in [1.54, 1.807) is 6.07 Å². The van der Waals surface area contributed by atoms with E-state index in [9.17, 15) is 19.6 Å². The number of nitro benzene ring substituents is 1. The number of rotatable bonds is 5. The molecule has 0 aliphatic heterocycles. The number of aromatic nitrogens is 3. The van der Waals surface area contributed by atoms with Gasteiger partial charge in [-0.15, -0.1) is 0 Å². The molecule has 1 aromatic heterocycles. The molecule has 0 aliphatic rings. The Balaban J connectivity index is 2.07. The van der Waals surface area contributed by atoms with Crippen LogP contribution >= 0.6 is 12.2 Å². The number of aromatic amines is 1. The van der Waals surface area contributed by atoms with Crippen LogP contribution in [0.5, 0.6) is 11.5 Å². The molecule has 0 saturated carbocycles. The molecule has 1 heterocycles. The summed E-state index contributed by atoms with van der Waals surface area (Å²) in [5, 5.41) is 31.5. The summed E-state index contributed by atoms with van der Waals surface area (Å²) in [6, 6.07) is 8.44. The fourth-order valence-electron chi connectivity index (χ4n) is 2.32. The van der Waals surface area contributed by atoms with Crippen molar-refractivity contribution in [3.05, 3.63) is 62.7 Å². The molecule has 0 aliphatic carbocycles. The van der Waals surface area contributed by atoms with Crippen molar-refractivity contribution in [3.63, 3.8) is 0 Å². The van der Waals surface area contributed by atoms with Crippen molar-refractivity contribution < 1.29 is 19.2 Å². The van der Waals surface area contributed by atoms with E-state index in [1.165, 1.54) is 42.3 Å². The Hall–Kier alpha value is -3.60.